The fourth-order valence-electron chi connectivity index (χ4n) is 7.43. The van der Waals surface area contributed by atoms with Gasteiger partial charge >= 0.3 is 17.9 Å². The van der Waals surface area contributed by atoms with Crippen LogP contribution in [0.5, 0.6) is 0 Å². The highest BCUT2D eigenvalue weighted by Gasteiger charge is 2.31. The van der Waals surface area contributed by atoms with Gasteiger partial charge in [0.1, 0.15) is 6.61 Å². The second-order valence-corrected chi connectivity index (χ2v) is 18.4. The second-order valence-electron chi connectivity index (χ2n) is 18.4. The average molecular weight is 885 g/mol. The van der Waals surface area contributed by atoms with Gasteiger partial charge in [0.05, 0.1) is 34.4 Å². The van der Waals surface area contributed by atoms with Crippen LogP contribution in [-0.4, -0.2) is 80.6 Å². The summed E-state index contributed by atoms with van der Waals surface area (Å²) in [5.74, 6) is -1.48. The molecule has 63 heavy (non-hydrogen) atoms. The highest BCUT2D eigenvalue weighted by atomic mass is 16.6. The first-order chi connectivity index (χ1) is 30.6. The molecule has 8 nitrogen and oxygen atoms in total. The van der Waals surface area contributed by atoms with Crippen LogP contribution < -0.4 is 0 Å². The molecule has 0 aliphatic heterocycles. The molecule has 1 N–H and O–H groups in total. The Bertz CT molecular complexity index is 1210. The number of ether oxygens (including phenoxy) is 3. The summed E-state index contributed by atoms with van der Waals surface area (Å²) >= 11 is 0. The maximum atomic E-state index is 12.8. The lowest BCUT2D eigenvalue weighted by Gasteiger charge is -2.31. The minimum Gasteiger partial charge on any atom is -0.477 e. The van der Waals surface area contributed by atoms with Crippen molar-refractivity contribution in [3.8, 4) is 0 Å². The molecule has 0 heterocycles. The van der Waals surface area contributed by atoms with Gasteiger partial charge in [0.2, 0.25) is 0 Å². The number of carboxylic acids is 1. The van der Waals surface area contributed by atoms with E-state index in [0.717, 1.165) is 70.6 Å². The first-order valence-electron chi connectivity index (χ1n) is 25.8. The molecule has 0 rings (SSSR count). The third-order valence-electron chi connectivity index (χ3n) is 11.4. The first-order valence-corrected chi connectivity index (χ1v) is 25.8. The summed E-state index contributed by atoms with van der Waals surface area (Å²) in [5.41, 5.74) is 0. The lowest BCUT2D eigenvalue weighted by molar-refractivity contribution is -0.887. The molecule has 0 radical (unpaired) electrons. The number of likely N-dealkylation sites (N-methyl/N-ethyl adjacent to an activating group) is 1. The third kappa shape index (κ3) is 44.0. The van der Waals surface area contributed by atoms with E-state index in [9.17, 15) is 19.5 Å². The summed E-state index contributed by atoms with van der Waals surface area (Å²) in [6, 6.07) is -0.618. The number of hydrogen-bond acceptors (Lipinski definition) is 6. The van der Waals surface area contributed by atoms with Crippen molar-refractivity contribution in [1.82, 2.24) is 0 Å². The first kappa shape index (κ1) is 60.0. The molecule has 0 aromatic carbocycles. The lowest BCUT2D eigenvalue weighted by Crippen LogP contribution is -2.50. The van der Waals surface area contributed by atoms with Crippen LogP contribution in [0.1, 0.15) is 219 Å². The monoisotopic (exact) mass is 885 g/mol. The van der Waals surface area contributed by atoms with Crippen LogP contribution in [0.2, 0.25) is 0 Å². The Morgan fingerprint density at radius 2 is 0.889 bits per heavy atom. The Morgan fingerprint density at radius 3 is 1.33 bits per heavy atom. The zero-order valence-electron chi connectivity index (χ0n) is 41.5. The summed E-state index contributed by atoms with van der Waals surface area (Å²) in [7, 11) is 5.53. The van der Waals surface area contributed by atoms with Crippen molar-refractivity contribution in [2.24, 2.45) is 0 Å². The number of quaternary nitrogens is 1. The van der Waals surface area contributed by atoms with Crippen molar-refractivity contribution >= 4 is 17.9 Å². The molecular formula is C55H98NO7+. The maximum absolute atomic E-state index is 12.8. The van der Waals surface area contributed by atoms with Gasteiger partial charge in [0, 0.05) is 19.3 Å². The fourth-order valence-corrected chi connectivity index (χ4v) is 7.43. The highest BCUT2D eigenvalue weighted by molar-refractivity contribution is 5.72. The van der Waals surface area contributed by atoms with Crippen molar-refractivity contribution in [3.63, 3.8) is 0 Å². The third-order valence-corrected chi connectivity index (χ3v) is 11.4. The number of hydrogen-bond donors (Lipinski definition) is 1. The van der Waals surface area contributed by atoms with E-state index in [2.05, 4.69) is 74.6 Å². The fraction of sp³-hybridized carbons (Fsp3) is 0.764. The van der Waals surface area contributed by atoms with Crippen LogP contribution in [0, 0.1) is 0 Å². The molecule has 2 unspecified atom stereocenters. The number of carboxylic acid groups (broad SMARTS) is 1. The lowest BCUT2D eigenvalue weighted by atomic mass is 10.1. The van der Waals surface area contributed by atoms with Crippen molar-refractivity contribution < 1.29 is 38.2 Å². The molecule has 0 fully saturated rings. The van der Waals surface area contributed by atoms with Crippen molar-refractivity contribution in [2.75, 3.05) is 41.0 Å². The Morgan fingerprint density at radius 1 is 0.492 bits per heavy atom. The van der Waals surface area contributed by atoms with Crippen molar-refractivity contribution in [3.05, 3.63) is 60.8 Å². The van der Waals surface area contributed by atoms with Gasteiger partial charge in [0.25, 0.3) is 0 Å². The number of carbonyl (C=O) groups excluding carboxylic acids is 2. The number of rotatable bonds is 46. The molecule has 0 amide bonds. The standard InChI is InChI=1S/C55H97NO7/c1-6-8-10-12-14-16-18-20-22-24-25-26-27-28-30-32-34-36-38-40-42-44-46-54(58)63-51(49-61-48-47-52(55(59)60)56(3,4)5)50-62-53(57)45-43-41-39-37-35-33-31-29-23-21-19-17-15-13-11-9-7-2/h8,10,14,16,20-23,25-26,51-52H,6-7,9,11-13,15,17-19,24,27-50H2,1-5H3/p+1/b10-8+,16-14+,22-20+,23-21+,26-25+. The molecule has 0 spiro atoms. The van der Waals surface area contributed by atoms with Gasteiger partial charge in [-0.1, -0.05) is 184 Å². The highest BCUT2D eigenvalue weighted by Crippen LogP contribution is 2.15. The number of aliphatic carboxylic acids is 1. The molecule has 0 bridgehead atoms. The molecule has 364 valence electrons. The SMILES string of the molecule is CC/C=C/C/C=C/C/C=C/C/C=C/CCCCCCCCCCCC(=O)OC(COCCC(C(=O)O)[N+](C)(C)C)COC(=O)CCCCCCCCC/C=C/CCCCCCCC. The Balaban J connectivity index is 4.26. The summed E-state index contributed by atoms with van der Waals surface area (Å²) in [6.45, 7) is 4.63. The number of unbranched alkanes of at least 4 members (excludes halogenated alkanes) is 22. The van der Waals surface area contributed by atoms with Gasteiger partial charge in [-0.25, -0.2) is 4.79 Å². The van der Waals surface area contributed by atoms with Crippen LogP contribution in [-0.2, 0) is 28.6 Å². The zero-order valence-corrected chi connectivity index (χ0v) is 41.5. The van der Waals surface area contributed by atoms with E-state index >= 15 is 0 Å². The van der Waals surface area contributed by atoms with E-state index in [4.69, 9.17) is 14.2 Å². The predicted molar refractivity (Wildman–Crippen MR) is 266 cm³/mol. The second kappa shape index (κ2) is 45.6. The predicted octanol–water partition coefficient (Wildman–Crippen LogP) is 14.9. The largest absolute Gasteiger partial charge is 0.477 e. The quantitative estimate of drug-likeness (QED) is 0.0281. The molecule has 2 atom stereocenters. The number of esters is 2. The molecule has 8 heteroatoms. The number of nitrogens with zero attached hydrogens (tertiary/aromatic N) is 1. The van der Waals surface area contributed by atoms with Crippen LogP contribution in [0.25, 0.3) is 0 Å². The summed E-state index contributed by atoms with van der Waals surface area (Å²) in [5, 5.41) is 9.66. The van der Waals surface area contributed by atoms with Gasteiger partial charge in [-0.15, -0.1) is 0 Å². The van der Waals surface area contributed by atoms with Crippen molar-refractivity contribution in [1.29, 1.82) is 0 Å². The van der Waals surface area contributed by atoms with E-state index in [-0.39, 0.29) is 36.2 Å². The Kier molecular flexibility index (Phi) is 43.4. The van der Waals surface area contributed by atoms with E-state index in [0.29, 0.717) is 19.3 Å². The summed E-state index contributed by atoms with van der Waals surface area (Å²) < 4.78 is 17.4. The van der Waals surface area contributed by atoms with E-state index in [1.807, 2.05) is 21.1 Å². The van der Waals surface area contributed by atoms with E-state index in [1.165, 1.54) is 116 Å². The smallest absolute Gasteiger partial charge is 0.362 e. The summed E-state index contributed by atoms with van der Waals surface area (Å²) in [4.78, 5) is 37.2. The molecule has 0 aliphatic carbocycles. The Labute approximate surface area is 388 Å². The topological polar surface area (TPSA) is 99.1 Å². The zero-order chi connectivity index (χ0) is 46.3. The van der Waals surface area contributed by atoms with Crippen LogP contribution in [0.3, 0.4) is 0 Å². The minimum absolute atomic E-state index is 0.0564. The number of allylic oxidation sites excluding steroid dienone is 10. The van der Waals surface area contributed by atoms with Crippen molar-refractivity contribution in [2.45, 2.75) is 231 Å². The van der Waals surface area contributed by atoms with Crippen LogP contribution in [0.15, 0.2) is 60.8 Å². The Hall–Kier alpha value is -2.97. The van der Waals surface area contributed by atoms with Gasteiger partial charge in [-0.05, 0) is 77.0 Å². The minimum atomic E-state index is -0.877. The summed E-state index contributed by atoms with van der Waals surface area (Å²) in [6.07, 6.45) is 56.9. The van der Waals surface area contributed by atoms with Crippen LogP contribution >= 0.6 is 0 Å². The van der Waals surface area contributed by atoms with E-state index < -0.39 is 18.1 Å². The van der Waals surface area contributed by atoms with E-state index in [1.54, 1.807) is 0 Å². The van der Waals surface area contributed by atoms with Crippen LogP contribution in [0.4, 0.5) is 0 Å². The number of carbonyl (C=O) groups is 3. The normalized spacial score (nSPS) is 13.3. The van der Waals surface area contributed by atoms with Gasteiger partial charge in [-0.3, -0.25) is 9.59 Å². The molecule has 0 saturated carbocycles. The molecule has 0 saturated heterocycles. The average Bonchev–Trinajstić information content (AvgIpc) is 3.24. The molecule has 0 aliphatic rings. The van der Waals surface area contributed by atoms with Gasteiger partial charge in [-0.2, -0.15) is 0 Å². The molecule has 0 aromatic rings. The molecule has 0 aromatic heterocycles. The van der Waals surface area contributed by atoms with Gasteiger partial charge in [0.15, 0.2) is 12.1 Å². The maximum Gasteiger partial charge on any atom is 0.362 e. The molecular weight excluding hydrogens is 787 g/mol. The van der Waals surface area contributed by atoms with Gasteiger partial charge < -0.3 is 23.8 Å².